The number of rotatable bonds is 5. The quantitative estimate of drug-likeness (QED) is 0.534. The Labute approximate surface area is 208 Å². The highest BCUT2D eigenvalue weighted by Crippen LogP contribution is 2.55. The van der Waals surface area contributed by atoms with Gasteiger partial charge in [-0.2, -0.15) is 0 Å². The second kappa shape index (κ2) is 8.66. The van der Waals surface area contributed by atoms with E-state index in [0.717, 1.165) is 40.9 Å². The van der Waals surface area contributed by atoms with E-state index in [1.165, 1.54) is 0 Å². The summed E-state index contributed by atoms with van der Waals surface area (Å²) in [7, 11) is 0. The molecule has 11 nitrogen and oxygen atoms in total. The smallest absolute Gasteiger partial charge is 0.421 e. The molecular weight excluding hydrogens is 464 g/mol. The molecule has 36 heavy (non-hydrogen) atoms. The first-order valence-electron chi connectivity index (χ1n) is 11.9. The molecule has 0 bridgehead atoms. The van der Waals surface area contributed by atoms with Gasteiger partial charge in [0.25, 0.3) is 0 Å². The van der Waals surface area contributed by atoms with E-state index in [0.29, 0.717) is 36.5 Å². The number of carbonyl (C=O) groups excluding carboxylic acids is 2. The summed E-state index contributed by atoms with van der Waals surface area (Å²) in [4.78, 5) is 29.2. The lowest BCUT2D eigenvalue weighted by atomic mass is 9.83. The number of nitrogens with zero attached hydrogens (tertiary/aromatic N) is 4. The van der Waals surface area contributed by atoms with Crippen LogP contribution in [0.2, 0.25) is 0 Å². The van der Waals surface area contributed by atoms with Gasteiger partial charge in [0.1, 0.15) is 0 Å². The lowest BCUT2D eigenvalue weighted by Crippen LogP contribution is -2.46. The third-order valence-electron chi connectivity index (χ3n) is 6.53. The molecule has 1 aliphatic heterocycles. The maximum absolute atomic E-state index is 12.1. The molecule has 1 aliphatic carbocycles. The molecule has 190 valence electrons. The summed E-state index contributed by atoms with van der Waals surface area (Å²) in [5.41, 5.74) is 14.8. The van der Waals surface area contributed by atoms with Crippen molar-refractivity contribution in [3.63, 3.8) is 0 Å². The van der Waals surface area contributed by atoms with Crippen molar-refractivity contribution in [3.05, 3.63) is 41.5 Å². The molecule has 1 unspecified atom stereocenters. The van der Waals surface area contributed by atoms with E-state index < -0.39 is 23.6 Å². The predicted molar refractivity (Wildman–Crippen MR) is 130 cm³/mol. The zero-order valence-corrected chi connectivity index (χ0v) is 20.8. The topological polar surface area (TPSA) is 152 Å². The van der Waals surface area contributed by atoms with Crippen molar-refractivity contribution in [2.24, 2.45) is 16.9 Å². The van der Waals surface area contributed by atoms with Gasteiger partial charge in [-0.1, -0.05) is 32.9 Å². The highest BCUT2D eigenvalue weighted by atomic mass is 16.7. The summed E-state index contributed by atoms with van der Waals surface area (Å²) < 4.78 is 13.5. The average molecular weight is 495 g/mol. The number of aromatic nitrogens is 3. The van der Waals surface area contributed by atoms with E-state index in [-0.39, 0.29) is 0 Å². The van der Waals surface area contributed by atoms with E-state index in [1.54, 1.807) is 12.0 Å². The molecule has 1 saturated carbocycles. The van der Waals surface area contributed by atoms with Gasteiger partial charge in [-0.15, -0.1) is 15.3 Å². The highest BCUT2D eigenvalue weighted by molar-refractivity contribution is 5.82. The van der Waals surface area contributed by atoms with Crippen LogP contribution in [-0.2, 0) is 11.4 Å². The maximum atomic E-state index is 12.1. The predicted octanol–water partition coefficient (Wildman–Crippen LogP) is 4.26. The minimum Gasteiger partial charge on any atom is -0.421 e. The van der Waals surface area contributed by atoms with Crippen LogP contribution >= 0.6 is 0 Å². The first kappa shape index (κ1) is 23.9. The molecule has 2 amide bonds. The first-order chi connectivity index (χ1) is 17.0. The van der Waals surface area contributed by atoms with E-state index >= 15 is 0 Å². The fourth-order valence-electron chi connectivity index (χ4n) is 5.12. The Bertz CT molecular complexity index is 1320. The van der Waals surface area contributed by atoms with Crippen molar-refractivity contribution < 1.29 is 23.6 Å². The molecule has 1 atom stereocenters. The van der Waals surface area contributed by atoms with E-state index in [1.807, 2.05) is 45.0 Å². The van der Waals surface area contributed by atoms with Gasteiger partial charge >= 0.3 is 12.2 Å². The Morgan fingerprint density at radius 2 is 1.67 bits per heavy atom. The van der Waals surface area contributed by atoms with Crippen LogP contribution < -0.4 is 16.2 Å². The zero-order chi connectivity index (χ0) is 25.8. The Kier molecular flexibility index (Phi) is 5.74. The molecule has 1 aromatic carbocycles. The van der Waals surface area contributed by atoms with Gasteiger partial charge in [0, 0.05) is 36.2 Å². The van der Waals surface area contributed by atoms with Crippen LogP contribution in [-0.4, -0.2) is 38.6 Å². The lowest BCUT2D eigenvalue weighted by molar-refractivity contribution is -0.168. The third-order valence-corrected chi connectivity index (χ3v) is 6.53. The first-order valence-corrected chi connectivity index (χ1v) is 11.9. The van der Waals surface area contributed by atoms with Crippen molar-refractivity contribution in [2.75, 3.05) is 6.54 Å². The van der Waals surface area contributed by atoms with E-state index in [4.69, 9.17) is 25.5 Å². The largest absolute Gasteiger partial charge is 0.423 e. The van der Waals surface area contributed by atoms with Crippen LogP contribution in [0.3, 0.4) is 0 Å². The minimum atomic E-state index is -0.912. The number of amides is 2. The van der Waals surface area contributed by atoms with Crippen molar-refractivity contribution in [2.45, 2.75) is 59.0 Å². The van der Waals surface area contributed by atoms with Crippen molar-refractivity contribution in [1.82, 2.24) is 19.8 Å². The van der Waals surface area contributed by atoms with Gasteiger partial charge in [-0.3, -0.25) is 0 Å². The van der Waals surface area contributed by atoms with Gasteiger partial charge in [-0.25, -0.2) is 9.59 Å². The number of hydrogen-bond acceptors (Lipinski definition) is 8. The fourth-order valence-corrected chi connectivity index (χ4v) is 5.12. The van der Waals surface area contributed by atoms with E-state index in [9.17, 15) is 9.59 Å². The summed E-state index contributed by atoms with van der Waals surface area (Å²) in [5.74, 6) is 1.62. The number of hydrogen-bond donors (Lipinski definition) is 2. The van der Waals surface area contributed by atoms with Gasteiger partial charge in [0.2, 0.25) is 11.8 Å². The summed E-state index contributed by atoms with van der Waals surface area (Å²) in [6, 6.07) is 7.25. The van der Waals surface area contributed by atoms with Crippen LogP contribution in [0, 0.1) is 12.3 Å². The standard InChI is InChI=1S/C25H30N6O5/c1-13-28-29-22(34-13)16-9-5-14(6-10-16)17-18(15-7-8-15)30-11-12-31(36-24(27)33)21(25(2,3)4)19(30)20(17)35-23(26)32/h5-6,9-10,15,21H,7-8,11-12H2,1-4H3,(H2,26,32)(H2,27,33). The molecule has 3 aromatic rings. The average Bonchev–Trinajstić information content (AvgIpc) is 3.46. The van der Waals surface area contributed by atoms with Crippen LogP contribution in [0.4, 0.5) is 9.59 Å². The number of aryl methyl sites for hydroxylation is 1. The molecule has 3 heterocycles. The molecule has 11 heteroatoms. The highest BCUT2D eigenvalue weighted by Gasteiger charge is 2.46. The molecule has 2 aromatic heterocycles. The minimum absolute atomic E-state index is 0.325. The number of ether oxygens (including phenoxy) is 1. The van der Waals surface area contributed by atoms with Crippen molar-refractivity contribution in [3.8, 4) is 28.3 Å². The molecule has 0 spiro atoms. The van der Waals surface area contributed by atoms with Crippen LogP contribution in [0.1, 0.15) is 62.9 Å². The molecule has 0 radical (unpaired) electrons. The third kappa shape index (κ3) is 4.30. The second-order valence-corrected chi connectivity index (χ2v) is 10.3. The Balaban J connectivity index is 1.70. The lowest BCUT2D eigenvalue weighted by Gasteiger charge is -2.42. The van der Waals surface area contributed by atoms with Crippen LogP contribution in [0.15, 0.2) is 28.7 Å². The monoisotopic (exact) mass is 494 g/mol. The fraction of sp³-hybridized carbons (Fsp3) is 0.440. The van der Waals surface area contributed by atoms with Gasteiger partial charge < -0.3 is 30.0 Å². The van der Waals surface area contributed by atoms with Gasteiger partial charge in [-0.05, 0) is 36.0 Å². The Hall–Kier alpha value is -3.86. The summed E-state index contributed by atoms with van der Waals surface area (Å²) in [5, 5.41) is 9.56. The van der Waals surface area contributed by atoms with Crippen molar-refractivity contribution in [1.29, 1.82) is 0 Å². The summed E-state index contributed by atoms with van der Waals surface area (Å²) in [6.45, 7) is 8.81. The Morgan fingerprint density at radius 1 is 1.00 bits per heavy atom. The number of carbonyl (C=O) groups is 2. The second-order valence-electron chi connectivity index (χ2n) is 10.3. The summed E-state index contributed by atoms with van der Waals surface area (Å²) >= 11 is 0. The number of primary amides is 2. The Morgan fingerprint density at radius 3 is 2.19 bits per heavy atom. The molecule has 2 aliphatic rings. The van der Waals surface area contributed by atoms with Gasteiger partial charge in [0.15, 0.2) is 5.75 Å². The molecule has 1 fully saturated rings. The zero-order valence-electron chi connectivity index (χ0n) is 20.8. The number of nitrogens with two attached hydrogens (primary N) is 2. The SMILES string of the molecule is Cc1nnc(-c2ccc(-c3c(OC(N)=O)c4n(c3C3CC3)CCN(OC(N)=O)C4C(C)(C)C)cc2)o1. The normalized spacial score (nSPS) is 18.1. The molecular formula is C25H30N6O5. The van der Waals surface area contributed by atoms with Crippen molar-refractivity contribution >= 4 is 12.2 Å². The molecule has 4 N–H and O–H groups in total. The molecule has 5 rings (SSSR count). The summed E-state index contributed by atoms with van der Waals surface area (Å²) in [6.07, 6.45) is 0.266. The molecule has 0 saturated heterocycles. The van der Waals surface area contributed by atoms with Crippen LogP contribution in [0.25, 0.3) is 22.6 Å². The van der Waals surface area contributed by atoms with Crippen LogP contribution in [0.5, 0.6) is 5.75 Å². The number of hydroxylamine groups is 2. The number of fused-ring (bicyclic) bond motifs is 1. The maximum Gasteiger partial charge on any atom is 0.423 e. The number of benzene rings is 1. The van der Waals surface area contributed by atoms with E-state index in [2.05, 4.69) is 14.8 Å². The van der Waals surface area contributed by atoms with Gasteiger partial charge in [0.05, 0.1) is 18.3 Å².